The second-order valence-electron chi connectivity index (χ2n) is 5.53. The van der Waals surface area contributed by atoms with E-state index < -0.39 is 0 Å². The van der Waals surface area contributed by atoms with Crippen LogP contribution in [-0.4, -0.2) is 50.6 Å². The number of nitrogens with one attached hydrogen (secondary N) is 1. The van der Waals surface area contributed by atoms with Gasteiger partial charge in [0.05, 0.1) is 11.4 Å². The molecule has 0 saturated heterocycles. The number of anilines is 2. The van der Waals surface area contributed by atoms with E-state index in [1.165, 1.54) is 0 Å². The molecule has 0 heterocycles. The minimum Gasteiger partial charge on any atom is -0.397 e. The van der Waals surface area contributed by atoms with E-state index in [4.69, 9.17) is 5.73 Å². The molecule has 1 aromatic rings. The van der Waals surface area contributed by atoms with Crippen molar-refractivity contribution in [2.24, 2.45) is 0 Å². The van der Waals surface area contributed by atoms with Gasteiger partial charge in [0.1, 0.15) is 0 Å². The van der Waals surface area contributed by atoms with Gasteiger partial charge >= 0.3 is 0 Å². The number of nitrogen functional groups attached to an aromatic ring is 1. The summed E-state index contributed by atoms with van der Waals surface area (Å²) in [6.45, 7) is 8.57. The number of rotatable bonds is 7. The topological polar surface area (TPSA) is 61.6 Å². The molecule has 1 unspecified atom stereocenters. The highest BCUT2D eigenvalue weighted by Crippen LogP contribution is 2.26. The standard InChI is InChI=1S/C16H28N4O/c1-6-18-16(21)13-8-9-14(17)15(10-13)20(7-2)12(3)11-19(4)5/h8-10,12H,6-7,11,17H2,1-5H3,(H,18,21). The summed E-state index contributed by atoms with van der Waals surface area (Å²) in [4.78, 5) is 16.4. The van der Waals surface area contributed by atoms with Gasteiger partial charge in [-0.15, -0.1) is 0 Å². The Balaban J connectivity index is 3.08. The molecular weight excluding hydrogens is 264 g/mol. The maximum atomic E-state index is 12.0. The van der Waals surface area contributed by atoms with Gasteiger partial charge < -0.3 is 20.9 Å². The number of nitrogens with zero attached hydrogens (tertiary/aromatic N) is 2. The average Bonchev–Trinajstić information content (AvgIpc) is 2.41. The van der Waals surface area contributed by atoms with E-state index in [1.807, 2.05) is 19.1 Å². The molecule has 0 aromatic heterocycles. The van der Waals surface area contributed by atoms with E-state index in [0.29, 0.717) is 23.8 Å². The van der Waals surface area contributed by atoms with Gasteiger partial charge in [0.15, 0.2) is 0 Å². The van der Waals surface area contributed by atoms with Crippen LogP contribution in [0.3, 0.4) is 0 Å². The Bertz CT molecular complexity index is 473. The maximum Gasteiger partial charge on any atom is 0.251 e. The van der Waals surface area contributed by atoms with Gasteiger partial charge in [0.25, 0.3) is 5.91 Å². The molecule has 118 valence electrons. The van der Waals surface area contributed by atoms with E-state index in [0.717, 1.165) is 18.8 Å². The molecule has 21 heavy (non-hydrogen) atoms. The van der Waals surface area contributed by atoms with Gasteiger partial charge in [-0.05, 0) is 53.1 Å². The molecule has 0 bridgehead atoms. The third kappa shape index (κ3) is 4.63. The zero-order valence-electron chi connectivity index (χ0n) is 13.8. The van der Waals surface area contributed by atoms with Crippen LogP contribution in [0.5, 0.6) is 0 Å². The number of hydrogen-bond acceptors (Lipinski definition) is 4. The summed E-state index contributed by atoms with van der Waals surface area (Å²) in [7, 11) is 4.11. The van der Waals surface area contributed by atoms with Crippen LogP contribution in [0, 0.1) is 0 Å². The van der Waals surface area contributed by atoms with Gasteiger partial charge in [0, 0.05) is 31.2 Å². The van der Waals surface area contributed by atoms with Crippen molar-refractivity contribution < 1.29 is 4.79 Å². The molecule has 5 nitrogen and oxygen atoms in total. The lowest BCUT2D eigenvalue weighted by Crippen LogP contribution is -2.40. The molecule has 1 aromatic carbocycles. The summed E-state index contributed by atoms with van der Waals surface area (Å²) < 4.78 is 0. The van der Waals surface area contributed by atoms with E-state index in [2.05, 4.69) is 43.1 Å². The summed E-state index contributed by atoms with van der Waals surface area (Å²) in [6.07, 6.45) is 0. The van der Waals surface area contributed by atoms with Crippen LogP contribution in [0.25, 0.3) is 0 Å². The Labute approximate surface area is 128 Å². The van der Waals surface area contributed by atoms with Crippen LogP contribution in [0.1, 0.15) is 31.1 Å². The summed E-state index contributed by atoms with van der Waals surface area (Å²) in [5, 5.41) is 2.82. The van der Waals surface area contributed by atoms with Gasteiger partial charge in [-0.3, -0.25) is 4.79 Å². The summed E-state index contributed by atoms with van der Waals surface area (Å²) in [6, 6.07) is 5.78. The van der Waals surface area contributed by atoms with Crippen LogP contribution < -0.4 is 16.0 Å². The first kappa shape index (κ1) is 17.3. The second-order valence-corrected chi connectivity index (χ2v) is 5.53. The van der Waals surface area contributed by atoms with Crippen molar-refractivity contribution in [2.75, 3.05) is 44.4 Å². The van der Waals surface area contributed by atoms with E-state index >= 15 is 0 Å². The van der Waals surface area contributed by atoms with Gasteiger partial charge in [0.2, 0.25) is 0 Å². The Hall–Kier alpha value is -1.75. The van der Waals surface area contributed by atoms with Gasteiger partial charge in [-0.25, -0.2) is 0 Å². The van der Waals surface area contributed by atoms with Crippen LogP contribution in [0.2, 0.25) is 0 Å². The number of carbonyl (C=O) groups excluding carboxylic acids is 1. The third-order valence-electron chi connectivity index (χ3n) is 3.44. The largest absolute Gasteiger partial charge is 0.397 e. The lowest BCUT2D eigenvalue weighted by Gasteiger charge is -2.33. The van der Waals surface area contributed by atoms with Crippen molar-refractivity contribution in [3.8, 4) is 0 Å². The first-order chi connectivity index (χ1) is 9.90. The molecule has 0 aliphatic rings. The summed E-state index contributed by atoms with van der Waals surface area (Å²) in [5.41, 5.74) is 8.40. The summed E-state index contributed by atoms with van der Waals surface area (Å²) in [5.74, 6) is -0.0601. The number of hydrogen-bond donors (Lipinski definition) is 2. The Morgan fingerprint density at radius 3 is 2.52 bits per heavy atom. The molecule has 0 saturated carbocycles. The van der Waals surface area contributed by atoms with Crippen molar-refractivity contribution >= 4 is 17.3 Å². The zero-order chi connectivity index (χ0) is 16.0. The van der Waals surface area contributed by atoms with Crippen LogP contribution >= 0.6 is 0 Å². The number of amides is 1. The van der Waals surface area contributed by atoms with Crippen LogP contribution in [-0.2, 0) is 0 Å². The van der Waals surface area contributed by atoms with E-state index in [9.17, 15) is 4.79 Å². The minimum atomic E-state index is -0.0601. The maximum absolute atomic E-state index is 12.0. The molecule has 0 fully saturated rings. The van der Waals surface area contributed by atoms with E-state index in [-0.39, 0.29) is 5.91 Å². The summed E-state index contributed by atoms with van der Waals surface area (Å²) >= 11 is 0. The predicted octanol–water partition coefficient (Wildman–Crippen LogP) is 1.79. The van der Waals surface area contributed by atoms with Crippen molar-refractivity contribution in [3.05, 3.63) is 23.8 Å². The van der Waals surface area contributed by atoms with E-state index in [1.54, 1.807) is 6.07 Å². The van der Waals surface area contributed by atoms with Crippen molar-refractivity contribution in [1.29, 1.82) is 0 Å². The van der Waals surface area contributed by atoms with Crippen LogP contribution in [0.15, 0.2) is 18.2 Å². The molecule has 1 rings (SSSR count). The van der Waals surface area contributed by atoms with Crippen molar-refractivity contribution in [2.45, 2.75) is 26.8 Å². The number of carbonyl (C=O) groups is 1. The molecule has 0 aliphatic heterocycles. The fourth-order valence-corrected chi connectivity index (χ4v) is 2.54. The Kier molecular flexibility index (Phi) is 6.49. The molecule has 0 aliphatic carbocycles. The SMILES string of the molecule is CCNC(=O)c1ccc(N)c(N(CC)C(C)CN(C)C)c1. The van der Waals surface area contributed by atoms with Crippen molar-refractivity contribution in [3.63, 3.8) is 0 Å². The first-order valence-electron chi connectivity index (χ1n) is 7.49. The van der Waals surface area contributed by atoms with Crippen molar-refractivity contribution in [1.82, 2.24) is 10.2 Å². The number of benzene rings is 1. The molecule has 1 amide bonds. The molecule has 5 heteroatoms. The highest BCUT2D eigenvalue weighted by atomic mass is 16.1. The Morgan fingerprint density at radius 1 is 1.33 bits per heavy atom. The lowest BCUT2D eigenvalue weighted by molar-refractivity contribution is 0.0956. The number of nitrogens with two attached hydrogens (primary N) is 1. The second kappa shape index (κ2) is 7.88. The third-order valence-corrected chi connectivity index (χ3v) is 3.44. The first-order valence-corrected chi connectivity index (χ1v) is 7.49. The monoisotopic (exact) mass is 292 g/mol. The Morgan fingerprint density at radius 2 is 2.00 bits per heavy atom. The molecular formula is C16H28N4O. The molecule has 3 N–H and O–H groups in total. The van der Waals surface area contributed by atoms with Gasteiger partial charge in [-0.2, -0.15) is 0 Å². The molecule has 1 atom stereocenters. The smallest absolute Gasteiger partial charge is 0.251 e. The highest BCUT2D eigenvalue weighted by Gasteiger charge is 2.17. The fourth-order valence-electron chi connectivity index (χ4n) is 2.54. The van der Waals surface area contributed by atoms with Gasteiger partial charge in [-0.1, -0.05) is 0 Å². The molecule has 0 radical (unpaired) electrons. The minimum absolute atomic E-state index is 0.0601. The average molecular weight is 292 g/mol. The lowest BCUT2D eigenvalue weighted by atomic mass is 10.1. The highest BCUT2D eigenvalue weighted by molar-refractivity contribution is 5.96. The quantitative estimate of drug-likeness (QED) is 0.752. The molecule has 0 spiro atoms. The normalized spacial score (nSPS) is 12.3. The zero-order valence-corrected chi connectivity index (χ0v) is 13.8. The fraction of sp³-hybridized carbons (Fsp3) is 0.562. The number of likely N-dealkylation sites (N-methyl/N-ethyl adjacent to an activating group) is 2. The van der Waals surface area contributed by atoms with Crippen LogP contribution in [0.4, 0.5) is 11.4 Å². The predicted molar refractivity (Wildman–Crippen MR) is 89.9 cm³/mol.